The third kappa shape index (κ3) is 6.23. The summed E-state index contributed by atoms with van der Waals surface area (Å²) < 4.78 is 33.5. The van der Waals surface area contributed by atoms with Gasteiger partial charge in [0.2, 0.25) is 5.91 Å². The average molecular weight is 521 g/mol. The molecule has 34 heavy (non-hydrogen) atoms. The van der Waals surface area contributed by atoms with Crippen LogP contribution in [0.1, 0.15) is 25.3 Å². The second-order valence-electron chi connectivity index (χ2n) is 7.79. The zero-order valence-corrected chi connectivity index (χ0v) is 21.2. The van der Waals surface area contributed by atoms with Crippen molar-refractivity contribution in [3.8, 4) is 5.75 Å². The van der Waals surface area contributed by atoms with Crippen LogP contribution in [-0.2, 0) is 14.8 Å². The molecule has 1 amide bonds. The topological polar surface area (TPSA) is 75.7 Å². The number of para-hydroxylation sites is 1. The number of hydrogen-bond acceptors (Lipinski definition) is 4. The van der Waals surface area contributed by atoms with E-state index >= 15 is 0 Å². The van der Waals surface area contributed by atoms with Crippen LogP contribution in [0.2, 0.25) is 10.0 Å². The Bertz CT molecular complexity index is 1230. The second-order valence-corrected chi connectivity index (χ2v) is 10.4. The fourth-order valence-corrected chi connectivity index (χ4v) is 5.23. The summed E-state index contributed by atoms with van der Waals surface area (Å²) in [6, 6.07) is 20.2. The normalized spacial score (nSPS) is 11.3. The van der Waals surface area contributed by atoms with Crippen LogP contribution in [0.25, 0.3) is 0 Å². The number of sulfonamides is 1. The van der Waals surface area contributed by atoms with Crippen molar-refractivity contribution < 1.29 is 17.9 Å². The van der Waals surface area contributed by atoms with E-state index < -0.39 is 22.5 Å². The summed E-state index contributed by atoms with van der Waals surface area (Å²) in [5, 5.41) is 2.94. The van der Waals surface area contributed by atoms with Crippen molar-refractivity contribution in [1.82, 2.24) is 5.32 Å². The first kappa shape index (κ1) is 25.9. The van der Waals surface area contributed by atoms with Crippen LogP contribution < -0.4 is 14.4 Å². The first-order valence-corrected chi connectivity index (χ1v) is 12.9. The number of benzene rings is 3. The number of hydrogen-bond donors (Lipinski definition) is 1. The van der Waals surface area contributed by atoms with Crippen molar-refractivity contribution in [2.75, 3.05) is 24.0 Å². The number of ether oxygens (including phenoxy) is 1. The van der Waals surface area contributed by atoms with E-state index in [9.17, 15) is 13.2 Å². The molecule has 3 aromatic rings. The fourth-order valence-electron chi connectivity index (χ4n) is 3.33. The maximum Gasteiger partial charge on any atom is 0.264 e. The van der Waals surface area contributed by atoms with Crippen molar-refractivity contribution in [2.45, 2.75) is 24.7 Å². The molecule has 0 radical (unpaired) electrons. The van der Waals surface area contributed by atoms with Crippen molar-refractivity contribution in [2.24, 2.45) is 0 Å². The minimum atomic E-state index is -4.08. The van der Waals surface area contributed by atoms with Crippen LogP contribution in [0.5, 0.6) is 5.75 Å². The molecular formula is C25H26Cl2N2O4S. The van der Waals surface area contributed by atoms with Gasteiger partial charge in [-0.25, -0.2) is 8.42 Å². The molecule has 1 N–H and O–H groups in total. The zero-order chi connectivity index (χ0) is 24.7. The van der Waals surface area contributed by atoms with Gasteiger partial charge in [-0.15, -0.1) is 0 Å². The molecule has 0 aliphatic carbocycles. The predicted molar refractivity (Wildman–Crippen MR) is 136 cm³/mol. The van der Waals surface area contributed by atoms with Gasteiger partial charge in [0.15, 0.2) is 0 Å². The number of nitrogens with zero attached hydrogens (tertiary/aromatic N) is 1. The SMILES string of the molecule is CC(C)c1ccccc1OCCNC(=O)CN(c1cccc(Cl)c1Cl)S(=O)(=O)c1ccccc1. The molecule has 3 rings (SSSR count). The maximum atomic E-state index is 13.4. The fraction of sp³-hybridized carbons (Fsp3) is 0.240. The molecule has 0 saturated heterocycles. The zero-order valence-electron chi connectivity index (χ0n) is 18.9. The summed E-state index contributed by atoms with van der Waals surface area (Å²) in [6.07, 6.45) is 0. The molecule has 180 valence electrons. The van der Waals surface area contributed by atoms with E-state index in [4.69, 9.17) is 27.9 Å². The van der Waals surface area contributed by atoms with Gasteiger partial charge < -0.3 is 10.1 Å². The number of anilines is 1. The number of rotatable bonds is 10. The number of nitrogens with one attached hydrogen (secondary N) is 1. The smallest absolute Gasteiger partial charge is 0.264 e. The highest BCUT2D eigenvalue weighted by molar-refractivity contribution is 7.92. The molecule has 0 aliphatic heterocycles. The molecule has 0 spiro atoms. The quantitative estimate of drug-likeness (QED) is 0.357. The lowest BCUT2D eigenvalue weighted by Gasteiger charge is -2.25. The van der Waals surface area contributed by atoms with Gasteiger partial charge in [-0.2, -0.15) is 0 Å². The Morgan fingerprint density at radius 1 is 0.971 bits per heavy atom. The highest BCUT2D eigenvalue weighted by Crippen LogP contribution is 2.35. The minimum absolute atomic E-state index is 0.0347. The van der Waals surface area contributed by atoms with Gasteiger partial charge in [0.1, 0.15) is 18.9 Å². The lowest BCUT2D eigenvalue weighted by atomic mass is 10.0. The highest BCUT2D eigenvalue weighted by atomic mass is 35.5. The summed E-state index contributed by atoms with van der Waals surface area (Å²) >= 11 is 12.4. The molecule has 0 atom stereocenters. The first-order valence-electron chi connectivity index (χ1n) is 10.7. The van der Waals surface area contributed by atoms with Gasteiger partial charge in [-0.05, 0) is 41.8 Å². The largest absolute Gasteiger partial charge is 0.491 e. The van der Waals surface area contributed by atoms with Crippen LogP contribution in [0.15, 0.2) is 77.7 Å². The third-order valence-corrected chi connectivity index (χ3v) is 7.62. The molecule has 0 aliphatic rings. The lowest BCUT2D eigenvalue weighted by molar-refractivity contribution is -0.119. The molecular weight excluding hydrogens is 495 g/mol. The molecule has 0 heterocycles. The van der Waals surface area contributed by atoms with E-state index in [1.165, 1.54) is 18.2 Å². The monoisotopic (exact) mass is 520 g/mol. The standard InChI is InChI=1S/C25H26Cl2N2O4S/c1-18(2)20-11-6-7-14-23(20)33-16-15-28-24(30)17-29(22-13-8-12-21(26)25(22)27)34(31,32)19-9-4-3-5-10-19/h3-14,18H,15-17H2,1-2H3,(H,28,30). The Morgan fingerprint density at radius 2 is 1.65 bits per heavy atom. The summed E-state index contributed by atoms with van der Waals surface area (Å²) in [7, 11) is -4.08. The predicted octanol–water partition coefficient (Wildman–Crippen LogP) is 5.51. The van der Waals surface area contributed by atoms with E-state index in [1.807, 2.05) is 24.3 Å². The Kier molecular flexibility index (Phi) is 8.83. The number of halogens is 2. The Labute approximate surface area is 210 Å². The van der Waals surface area contributed by atoms with Crippen molar-refractivity contribution in [3.63, 3.8) is 0 Å². The molecule has 0 unspecified atom stereocenters. The van der Waals surface area contributed by atoms with E-state index in [1.54, 1.807) is 30.3 Å². The van der Waals surface area contributed by atoms with Gasteiger partial charge in [-0.3, -0.25) is 9.10 Å². The van der Waals surface area contributed by atoms with E-state index in [-0.39, 0.29) is 33.8 Å². The van der Waals surface area contributed by atoms with Crippen molar-refractivity contribution in [1.29, 1.82) is 0 Å². The van der Waals surface area contributed by atoms with Gasteiger partial charge in [0, 0.05) is 0 Å². The van der Waals surface area contributed by atoms with Crippen LogP contribution in [0, 0.1) is 0 Å². The van der Waals surface area contributed by atoms with Crippen LogP contribution >= 0.6 is 23.2 Å². The Morgan fingerprint density at radius 3 is 2.35 bits per heavy atom. The van der Waals surface area contributed by atoms with Gasteiger partial charge in [0.25, 0.3) is 10.0 Å². The first-order chi connectivity index (χ1) is 16.2. The van der Waals surface area contributed by atoms with Gasteiger partial charge in [0.05, 0.1) is 27.2 Å². The lowest BCUT2D eigenvalue weighted by Crippen LogP contribution is -2.42. The number of amides is 1. The highest BCUT2D eigenvalue weighted by Gasteiger charge is 2.29. The minimum Gasteiger partial charge on any atom is -0.491 e. The van der Waals surface area contributed by atoms with Gasteiger partial charge >= 0.3 is 0 Å². The molecule has 0 saturated carbocycles. The summed E-state index contributed by atoms with van der Waals surface area (Å²) in [5.74, 6) is 0.548. The van der Waals surface area contributed by atoms with E-state index in [0.29, 0.717) is 5.92 Å². The Hall–Kier alpha value is -2.74. The van der Waals surface area contributed by atoms with Crippen molar-refractivity contribution >= 4 is 44.8 Å². The maximum absolute atomic E-state index is 13.4. The summed E-state index contributed by atoms with van der Waals surface area (Å²) in [6.45, 7) is 4.12. The molecule has 6 nitrogen and oxygen atoms in total. The third-order valence-electron chi connectivity index (χ3n) is 5.04. The molecule has 0 fully saturated rings. The molecule has 0 aromatic heterocycles. The van der Waals surface area contributed by atoms with E-state index in [2.05, 4.69) is 19.2 Å². The molecule has 3 aromatic carbocycles. The van der Waals surface area contributed by atoms with E-state index in [0.717, 1.165) is 15.6 Å². The second kappa shape index (κ2) is 11.6. The summed E-state index contributed by atoms with van der Waals surface area (Å²) in [5.41, 5.74) is 1.19. The summed E-state index contributed by atoms with van der Waals surface area (Å²) in [4.78, 5) is 12.8. The molecule has 9 heteroatoms. The molecule has 0 bridgehead atoms. The Balaban J connectivity index is 1.73. The number of carbonyl (C=O) groups excluding carboxylic acids is 1. The van der Waals surface area contributed by atoms with Crippen LogP contribution in [0.3, 0.4) is 0 Å². The van der Waals surface area contributed by atoms with Crippen LogP contribution in [0.4, 0.5) is 5.69 Å². The number of carbonyl (C=O) groups is 1. The van der Waals surface area contributed by atoms with Gasteiger partial charge in [-0.1, -0.05) is 79.5 Å². The average Bonchev–Trinajstić information content (AvgIpc) is 2.83. The van der Waals surface area contributed by atoms with Crippen molar-refractivity contribution in [3.05, 3.63) is 88.4 Å². The van der Waals surface area contributed by atoms with Crippen LogP contribution in [-0.4, -0.2) is 34.0 Å².